The van der Waals surface area contributed by atoms with Crippen LogP contribution in [-0.2, 0) is 0 Å². The van der Waals surface area contributed by atoms with Crippen LogP contribution in [0.5, 0.6) is 0 Å². The van der Waals surface area contributed by atoms with E-state index in [1.807, 2.05) is 6.07 Å². The number of nitrogens with zero attached hydrogens (tertiary/aromatic N) is 1. The summed E-state index contributed by atoms with van der Waals surface area (Å²) in [6.07, 6.45) is 0.460. The van der Waals surface area contributed by atoms with Gasteiger partial charge in [0.05, 0.1) is 16.4 Å². The van der Waals surface area contributed by atoms with Gasteiger partial charge in [0.15, 0.2) is 0 Å². The fraction of sp³-hybridized carbons (Fsp3) is 0.130. The summed E-state index contributed by atoms with van der Waals surface area (Å²) in [4.78, 5) is 26.4. The van der Waals surface area contributed by atoms with Gasteiger partial charge < -0.3 is 16.0 Å². The number of hydrogen-bond donors (Lipinski definition) is 3. The Balaban J connectivity index is 1.56. The molecular weight excluding hydrogens is 454 g/mol. The fourth-order valence-corrected chi connectivity index (χ4v) is 3.35. The Morgan fingerprint density at radius 3 is 2.31 bits per heavy atom. The van der Waals surface area contributed by atoms with Gasteiger partial charge in [-0.2, -0.15) is 0 Å². The van der Waals surface area contributed by atoms with Crippen molar-refractivity contribution in [2.45, 2.75) is 6.42 Å². The lowest BCUT2D eigenvalue weighted by molar-refractivity contribution is 0.252. The Hall–Kier alpha value is -3.29. The smallest absolute Gasteiger partial charge is 0.326 e. The summed E-state index contributed by atoms with van der Waals surface area (Å²) in [5.74, 6) is -0.520. The number of anilines is 3. The molecule has 0 aromatic heterocycles. The number of amides is 4. The zero-order valence-corrected chi connectivity index (χ0v) is 18.5. The van der Waals surface area contributed by atoms with Crippen molar-refractivity contribution in [3.63, 3.8) is 0 Å². The molecule has 3 rings (SSSR count). The molecule has 0 fully saturated rings. The van der Waals surface area contributed by atoms with Gasteiger partial charge in [-0.15, -0.1) is 0 Å². The van der Waals surface area contributed by atoms with Crippen LogP contribution in [0.15, 0.2) is 72.8 Å². The standard InChI is InChI=1S/C23H21Cl2FN4O2/c24-16-11-12-20(18(25)15-16)28-22(31)27-13-6-14-30(17-7-2-1-3-8-17)23(32)29-21-10-5-4-9-19(21)26/h1-5,7-12,15H,6,13-14H2,(H,29,32)(H2,27,28,31). The molecule has 9 heteroatoms. The fourth-order valence-electron chi connectivity index (χ4n) is 2.90. The monoisotopic (exact) mass is 474 g/mol. The Kier molecular flexibility index (Phi) is 8.30. The van der Waals surface area contributed by atoms with Gasteiger partial charge in [-0.1, -0.05) is 53.5 Å². The zero-order valence-electron chi connectivity index (χ0n) is 16.9. The lowest BCUT2D eigenvalue weighted by Crippen LogP contribution is -2.38. The van der Waals surface area contributed by atoms with E-state index in [-0.39, 0.29) is 5.69 Å². The van der Waals surface area contributed by atoms with Crippen LogP contribution in [0.2, 0.25) is 10.0 Å². The topological polar surface area (TPSA) is 73.5 Å². The molecule has 3 N–H and O–H groups in total. The quantitative estimate of drug-likeness (QED) is 0.347. The number of para-hydroxylation sites is 2. The molecule has 0 radical (unpaired) electrons. The van der Waals surface area contributed by atoms with Crippen molar-refractivity contribution in [1.82, 2.24) is 5.32 Å². The van der Waals surface area contributed by atoms with Gasteiger partial charge in [0, 0.05) is 23.8 Å². The normalized spacial score (nSPS) is 10.3. The highest BCUT2D eigenvalue weighted by Crippen LogP contribution is 2.25. The molecule has 0 aliphatic heterocycles. The Labute approximate surface area is 195 Å². The third-order valence-electron chi connectivity index (χ3n) is 4.45. The molecule has 6 nitrogen and oxygen atoms in total. The van der Waals surface area contributed by atoms with Crippen LogP contribution in [0.25, 0.3) is 0 Å². The number of carbonyl (C=O) groups is 2. The Bertz CT molecular complexity index is 1080. The molecule has 0 atom stereocenters. The summed E-state index contributed by atoms with van der Waals surface area (Å²) in [6.45, 7) is 0.597. The van der Waals surface area contributed by atoms with Crippen molar-refractivity contribution in [3.8, 4) is 0 Å². The summed E-state index contributed by atoms with van der Waals surface area (Å²) in [7, 11) is 0. The SMILES string of the molecule is O=C(NCCCN(C(=O)Nc1ccccc1F)c1ccccc1)Nc1ccc(Cl)cc1Cl. The molecule has 0 saturated carbocycles. The van der Waals surface area contributed by atoms with Crippen molar-refractivity contribution in [1.29, 1.82) is 0 Å². The van der Waals surface area contributed by atoms with Crippen molar-refractivity contribution in [2.75, 3.05) is 28.6 Å². The van der Waals surface area contributed by atoms with Crippen LogP contribution in [0, 0.1) is 5.82 Å². The largest absolute Gasteiger partial charge is 0.338 e. The van der Waals surface area contributed by atoms with Gasteiger partial charge in [-0.3, -0.25) is 4.90 Å². The van der Waals surface area contributed by atoms with Gasteiger partial charge in [0.25, 0.3) is 0 Å². The molecule has 166 valence electrons. The number of rotatable bonds is 7. The minimum Gasteiger partial charge on any atom is -0.338 e. The molecule has 0 heterocycles. The van der Waals surface area contributed by atoms with E-state index in [1.165, 1.54) is 23.1 Å². The molecule has 0 aliphatic carbocycles. The molecule has 3 aromatic carbocycles. The van der Waals surface area contributed by atoms with Crippen LogP contribution in [-0.4, -0.2) is 25.2 Å². The van der Waals surface area contributed by atoms with Crippen LogP contribution in [0.1, 0.15) is 6.42 Å². The number of nitrogens with one attached hydrogen (secondary N) is 3. The van der Waals surface area contributed by atoms with E-state index in [0.29, 0.717) is 40.9 Å². The van der Waals surface area contributed by atoms with Crippen molar-refractivity contribution in [3.05, 3.63) is 88.7 Å². The summed E-state index contributed by atoms with van der Waals surface area (Å²) in [5, 5.41) is 8.74. The highest BCUT2D eigenvalue weighted by molar-refractivity contribution is 6.36. The van der Waals surface area contributed by atoms with Gasteiger partial charge in [-0.05, 0) is 48.9 Å². The average molecular weight is 475 g/mol. The zero-order chi connectivity index (χ0) is 22.9. The van der Waals surface area contributed by atoms with E-state index in [9.17, 15) is 14.0 Å². The van der Waals surface area contributed by atoms with Crippen LogP contribution in [0.3, 0.4) is 0 Å². The van der Waals surface area contributed by atoms with Gasteiger partial charge in [0.2, 0.25) is 0 Å². The molecule has 32 heavy (non-hydrogen) atoms. The highest BCUT2D eigenvalue weighted by atomic mass is 35.5. The molecule has 4 amide bonds. The predicted octanol–water partition coefficient (Wildman–Crippen LogP) is 6.38. The lowest BCUT2D eigenvalue weighted by Gasteiger charge is -2.23. The number of urea groups is 2. The second-order valence-electron chi connectivity index (χ2n) is 6.76. The molecule has 0 unspecified atom stereocenters. The van der Waals surface area contributed by atoms with Crippen molar-refractivity contribution >= 4 is 52.3 Å². The van der Waals surface area contributed by atoms with Gasteiger partial charge >= 0.3 is 12.1 Å². The Morgan fingerprint density at radius 1 is 0.875 bits per heavy atom. The first-order chi connectivity index (χ1) is 15.4. The van der Waals surface area contributed by atoms with Crippen molar-refractivity contribution in [2.24, 2.45) is 0 Å². The Morgan fingerprint density at radius 2 is 1.59 bits per heavy atom. The van der Waals surface area contributed by atoms with Crippen molar-refractivity contribution < 1.29 is 14.0 Å². The average Bonchev–Trinajstić information content (AvgIpc) is 2.78. The molecule has 3 aromatic rings. The molecular formula is C23H21Cl2FN4O2. The van der Waals surface area contributed by atoms with Crippen LogP contribution in [0.4, 0.5) is 31.0 Å². The van der Waals surface area contributed by atoms with E-state index in [4.69, 9.17) is 23.2 Å². The van der Waals surface area contributed by atoms with E-state index in [1.54, 1.807) is 48.5 Å². The van der Waals surface area contributed by atoms with E-state index >= 15 is 0 Å². The third-order valence-corrected chi connectivity index (χ3v) is 5.00. The summed E-state index contributed by atoms with van der Waals surface area (Å²) < 4.78 is 13.9. The first-order valence-electron chi connectivity index (χ1n) is 9.82. The lowest BCUT2D eigenvalue weighted by atomic mass is 10.2. The maximum Gasteiger partial charge on any atom is 0.326 e. The first kappa shape index (κ1) is 23.4. The molecule has 0 spiro atoms. The maximum absolute atomic E-state index is 13.9. The van der Waals surface area contributed by atoms with E-state index in [0.717, 1.165) is 0 Å². The van der Waals surface area contributed by atoms with E-state index < -0.39 is 17.9 Å². The maximum atomic E-state index is 13.9. The van der Waals surface area contributed by atoms with E-state index in [2.05, 4.69) is 16.0 Å². The predicted molar refractivity (Wildman–Crippen MR) is 127 cm³/mol. The first-order valence-corrected chi connectivity index (χ1v) is 10.6. The highest BCUT2D eigenvalue weighted by Gasteiger charge is 2.17. The number of carbonyl (C=O) groups excluding carboxylic acids is 2. The number of benzene rings is 3. The third kappa shape index (κ3) is 6.60. The molecule has 0 saturated heterocycles. The second-order valence-corrected chi connectivity index (χ2v) is 7.60. The molecule has 0 aliphatic rings. The minimum atomic E-state index is -0.520. The number of halogens is 3. The van der Waals surface area contributed by atoms with Crippen LogP contribution < -0.4 is 20.9 Å². The van der Waals surface area contributed by atoms with Gasteiger partial charge in [-0.25, -0.2) is 14.0 Å². The van der Waals surface area contributed by atoms with Crippen LogP contribution >= 0.6 is 23.2 Å². The minimum absolute atomic E-state index is 0.0933. The van der Waals surface area contributed by atoms with Gasteiger partial charge in [0.1, 0.15) is 5.82 Å². The second kappa shape index (κ2) is 11.4. The summed E-state index contributed by atoms with van der Waals surface area (Å²) in [6, 6.07) is 18.8. The molecule has 0 bridgehead atoms. The summed E-state index contributed by atoms with van der Waals surface area (Å²) in [5.41, 5.74) is 1.18. The number of hydrogen-bond acceptors (Lipinski definition) is 2. The summed E-state index contributed by atoms with van der Waals surface area (Å²) >= 11 is 11.9.